The van der Waals surface area contributed by atoms with E-state index in [2.05, 4.69) is 92.1 Å². The van der Waals surface area contributed by atoms with Gasteiger partial charge in [0.15, 0.2) is 0 Å². The molecular formula is C60H110N2O6P+. The SMILES string of the molecule is CC/C=C\C/C=C\C/C=C\C/C=C\C/C=C\CCCC(=O)NC(COP(=O)(O)OCC[N+](C)(C)C)C(O)/C=C/CC/C=C/CCCCCCCCCCCCCCCCCCCCCCCCCC. The van der Waals surface area contributed by atoms with E-state index in [0.29, 0.717) is 17.4 Å². The van der Waals surface area contributed by atoms with E-state index in [4.69, 9.17) is 9.05 Å². The smallest absolute Gasteiger partial charge is 0.387 e. The van der Waals surface area contributed by atoms with Crippen LogP contribution in [-0.4, -0.2) is 73.4 Å². The maximum absolute atomic E-state index is 12.9. The first-order chi connectivity index (χ1) is 33.5. The van der Waals surface area contributed by atoms with Crippen LogP contribution in [0.1, 0.15) is 239 Å². The second-order valence-corrected chi connectivity index (χ2v) is 21.7. The number of carbonyl (C=O) groups excluding carboxylic acids is 1. The van der Waals surface area contributed by atoms with Crippen LogP contribution in [0.2, 0.25) is 0 Å². The Morgan fingerprint density at radius 1 is 0.507 bits per heavy atom. The number of rotatable bonds is 51. The van der Waals surface area contributed by atoms with E-state index in [0.717, 1.165) is 57.8 Å². The van der Waals surface area contributed by atoms with Crippen LogP contribution in [0, 0.1) is 0 Å². The van der Waals surface area contributed by atoms with Crippen LogP contribution < -0.4 is 5.32 Å². The number of nitrogens with one attached hydrogen (secondary N) is 1. The number of hydrogen-bond acceptors (Lipinski definition) is 5. The molecule has 0 radical (unpaired) electrons. The normalized spacial score (nSPS) is 14.6. The van der Waals surface area contributed by atoms with E-state index in [9.17, 15) is 19.4 Å². The van der Waals surface area contributed by atoms with E-state index in [1.54, 1.807) is 6.08 Å². The quantitative estimate of drug-likeness (QED) is 0.0243. The molecule has 1 amide bonds. The lowest BCUT2D eigenvalue weighted by atomic mass is 10.0. The largest absolute Gasteiger partial charge is 0.472 e. The molecule has 400 valence electrons. The minimum absolute atomic E-state index is 0.0414. The molecule has 0 saturated heterocycles. The Morgan fingerprint density at radius 2 is 0.884 bits per heavy atom. The molecule has 0 heterocycles. The minimum Gasteiger partial charge on any atom is -0.387 e. The zero-order valence-corrected chi connectivity index (χ0v) is 46.4. The van der Waals surface area contributed by atoms with E-state index in [1.807, 2.05) is 27.2 Å². The Balaban J connectivity index is 4.27. The number of phosphoric acid groups is 1. The third-order valence-corrected chi connectivity index (χ3v) is 13.3. The molecule has 0 aliphatic carbocycles. The van der Waals surface area contributed by atoms with Crippen molar-refractivity contribution in [1.82, 2.24) is 5.32 Å². The number of aliphatic hydroxyl groups excluding tert-OH is 1. The van der Waals surface area contributed by atoms with Gasteiger partial charge in [-0.3, -0.25) is 13.8 Å². The molecule has 8 nitrogen and oxygen atoms in total. The first-order valence-corrected chi connectivity index (χ1v) is 30.0. The first kappa shape index (κ1) is 66.7. The number of phosphoric ester groups is 1. The van der Waals surface area contributed by atoms with Gasteiger partial charge in [0.25, 0.3) is 0 Å². The van der Waals surface area contributed by atoms with E-state index in [1.165, 1.54) is 154 Å². The lowest BCUT2D eigenvalue weighted by Gasteiger charge is -2.25. The molecule has 0 spiro atoms. The fourth-order valence-electron chi connectivity index (χ4n) is 7.92. The minimum atomic E-state index is -4.37. The second-order valence-electron chi connectivity index (χ2n) is 20.3. The summed E-state index contributed by atoms with van der Waals surface area (Å²) in [5.41, 5.74) is 0. The highest BCUT2D eigenvalue weighted by Gasteiger charge is 2.27. The molecule has 0 bridgehead atoms. The molecule has 0 saturated carbocycles. The van der Waals surface area contributed by atoms with Gasteiger partial charge in [0.1, 0.15) is 13.2 Å². The van der Waals surface area contributed by atoms with Crippen LogP contribution in [0.15, 0.2) is 85.1 Å². The summed E-state index contributed by atoms with van der Waals surface area (Å²) < 4.78 is 23.6. The maximum atomic E-state index is 12.9. The van der Waals surface area contributed by atoms with Crippen molar-refractivity contribution < 1.29 is 32.9 Å². The first-order valence-electron chi connectivity index (χ1n) is 28.5. The average Bonchev–Trinajstić information content (AvgIpc) is 3.31. The number of likely N-dealkylation sites (N-methyl/N-ethyl adjacent to an activating group) is 1. The fraction of sp³-hybridized carbons (Fsp3) is 0.750. The standard InChI is InChI=1S/C60H109N2O6P/c1-6-8-10-12-14-16-18-20-22-24-25-26-27-28-29-30-31-32-33-34-35-36-38-39-41-43-45-47-49-51-53-59(63)58(57-68-69(65,66)67-56-55-62(3,4)5)61-60(64)54-52-50-48-46-44-42-40-37-23-21-19-17-15-13-11-9-7-2/h9,11,15,17,21,23,40,42-43,45-46,48,51,53,58-59,63H,6-8,10,12-14,16,18-20,22,24-39,41,44,47,49-50,52,54-57H2,1-5H3,(H-,61,64,65,66)/p+1/b11-9-,17-15-,23-21-,42-40-,45-43+,48-46-,53-51+. The van der Waals surface area contributed by atoms with Crippen molar-refractivity contribution in [2.24, 2.45) is 0 Å². The highest BCUT2D eigenvalue weighted by Crippen LogP contribution is 2.43. The Morgan fingerprint density at radius 3 is 1.33 bits per heavy atom. The number of hydrogen-bond donors (Lipinski definition) is 3. The summed E-state index contributed by atoms with van der Waals surface area (Å²) in [6.45, 7) is 4.64. The van der Waals surface area contributed by atoms with Gasteiger partial charge in [0.05, 0.1) is 39.9 Å². The monoisotopic (exact) mass is 986 g/mol. The molecule has 3 N–H and O–H groups in total. The van der Waals surface area contributed by atoms with Gasteiger partial charge in [-0.1, -0.05) is 247 Å². The number of unbranched alkanes of at least 4 members (excludes halogenated alkanes) is 26. The van der Waals surface area contributed by atoms with Gasteiger partial charge in [0.2, 0.25) is 5.91 Å². The molecule has 0 aliphatic heterocycles. The Hall–Kier alpha value is -2.32. The van der Waals surface area contributed by atoms with Gasteiger partial charge in [-0.2, -0.15) is 0 Å². The maximum Gasteiger partial charge on any atom is 0.472 e. The van der Waals surface area contributed by atoms with Gasteiger partial charge in [-0.15, -0.1) is 0 Å². The Labute approximate surface area is 426 Å². The Kier molecular flexibility index (Phi) is 48.9. The highest BCUT2D eigenvalue weighted by atomic mass is 31.2. The molecule has 69 heavy (non-hydrogen) atoms. The van der Waals surface area contributed by atoms with Crippen LogP contribution >= 0.6 is 7.82 Å². The lowest BCUT2D eigenvalue weighted by Crippen LogP contribution is -2.45. The van der Waals surface area contributed by atoms with Crippen molar-refractivity contribution in [3.63, 3.8) is 0 Å². The zero-order valence-electron chi connectivity index (χ0n) is 45.5. The summed E-state index contributed by atoms with van der Waals surface area (Å²) in [7, 11) is 1.51. The summed E-state index contributed by atoms with van der Waals surface area (Å²) in [4.78, 5) is 23.2. The van der Waals surface area contributed by atoms with E-state index >= 15 is 0 Å². The van der Waals surface area contributed by atoms with Gasteiger partial charge in [-0.05, 0) is 70.6 Å². The van der Waals surface area contributed by atoms with Crippen LogP contribution in [-0.2, 0) is 18.4 Å². The van der Waals surface area contributed by atoms with Gasteiger partial charge >= 0.3 is 7.82 Å². The Bertz CT molecular complexity index is 1400. The highest BCUT2D eigenvalue weighted by molar-refractivity contribution is 7.47. The number of allylic oxidation sites excluding steroid dienone is 13. The number of aliphatic hydroxyl groups is 1. The second kappa shape index (κ2) is 50.6. The molecule has 0 aromatic carbocycles. The molecule has 0 fully saturated rings. The summed E-state index contributed by atoms with van der Waals surface area (Å²) in [6, 6.07) is -0.899. The van der Waals surface area contributed by atoms with Gasteiger partial charge in [-0.25, -0.2) is 4.57 Å². The molecule has 3 unspecified atom stereocenters. The summed E-state index contributed by atoms with van der Waals surface area (Å²) in [5, 5.41) is 13.9. The molecular weight excluding hydrogens is 876 g/mol. The number of quaternary nitrogens is 1. The average molecular weight is 987 g/mol. The van der Waals surface area contributed by atoms with Crippen molar-refractivity contribution in [2.75, 3.05) is 40.9 Å². The van der Waals surface area contributed by atoms with Crippen LogP contribution in [0.3, 0.4) is 0 Å². The third-order valence-electron chi connectivity index (χ3n) is 12.3. The van der Waals surface area contributed by atoms with E-state index in [-0.39, 0.29) is 25.5 Å². The summed E-state index contributed by atoms with van der Waals surface area (Å²) in [5.74, 6) is -0.245. The number of nitrogens with zero attached hydrogens (tertiary/aromatic N) is 1. The summed E-state index contributed by atoms with van der Waals surface area (Å²) >= 11 is 0. The molecule has 0 rings (SSSR count). The van der Waals surface area contributed by atoms with Crippen molar-refractivity contribution in [3.8, 4) is 0 Å². The van der Waals surface area contributed by atoms with Crippen LogP contribution in [0.4, 0.5) is 0 Å². The lowest BCUT2D eigenvalue weighted by molar-refractivity contribution is -0.870. The third kappa shape index (κ3) is 53.3. The number of amides is 1. The van der Waals surface area contributed by atoms with E-state index < -0.39 is 20.0 Å². The van der Waals surface area contributed by atoms with Gasteiger partial charge in [0, 0.05) is 6.42 Å². The molecule has 0 aliphatic rings. The van der Waals surface area contributed by atoms with Crippen molar-refractivity contribution in [2.45, 2.75) is 251 Å². The van der Waals surface area contributed by atoms with Crippen LogP contribution in [0.25, 0.3) is 0 Å². The molecule has 0 aromatic heterocycles. The number of carbonyl (C=O) groups is 1. The van der Waals surface area contributed by atoms with Gasteiger partial charge < -0.3 is 19.8 Å². The summed E-state index contributed by atoms with van der Waals surface area (Å²) in [6.07, 6.45) is 71.4. The van der Waals surface area contributed by atoms with Crippen LogP contribution in [0.5, 0.6) is 0 Å². The van der Waals surface area contributed by atoms with Crippen molar-refractivity contribution in [1.29, 1.82) is 0 Å². The predicted octanol–water partition coefficient (Wildman–Crippen LogP) is 17.3. The van der Waals surface area contributed by atoms with Crippen molar-refractivity contribution >= 4 is 13.7 Å². The molecule has 0 aromatic rings. The molecule has 3 atom stereocenters. The predicted molar refractivity (Wildman–Crippen MR) is 299 cm³/mol. The zero-order chi connectivity index (χ0) is 50.6. The van der Waals surface area contributed by atoms with Crippen molar-refractivity contribution in [3.05, 3.63) is 85.1 Å². The topological polar surface area (TPSA) is 105 Å². The fourth-order valence-corrected chi connectivity index (χ4v) is 8.65. The molecule has 9 heteroatoms.